The third-order valence-corrected chi connectivity index (χ3v) is 4.20. The molecule has 1 saturated carbocycles. The number of amides is 1. The van der Waals surface area contributed by atoms with Gasteiger partial charge in [-0.3, -0.25) is 4.79 Å². The second-order valence-corrected chi connectivity index (χ2v) is 6.87. The van der Waals surface area contributed by atoms with E-state index in [-0.39, 0.29) is 12.1 Å². The van der Waals surface area contributed by atoms with Crippen molar-refractivity contribution < 1.29 is 9.90 Å². The van der Waals surface area contributed by atoms with Gasteiger partial charge < -0.3 is 19.8 Å². The molecule has 1 aromatic heterocycles. The predicted octanol–water partition coefficient (Wildman–Crippen LogP) is 1.89. The van der Waals surface area contributed by atoms with E-state index in [4.69, 9.17) is 0 Å². The molecule has 0 bridgehead atoms. The molecule has 1 aromatic rings. The average Bonchev–Trinajstić information content (AvgIpc) is 2.22. The van der Waals surface area contributed by atoms with E-state index in [1.54, 1.807) is 20.8 Å². The van der Waals surface area contributed by atoms with Gasteiger partial charge in [0.25, 0.3) is 5.56 Å². The van der Waals surface area contributed by atoms with Gasteiger partial charge >= 0.3 is 0 Å². The van der Waals surface area contributed by atoms with Crippen LogP contribution in [0.25, 0.3) is 0 Å². The van der Waals surface area contributed by atoms with Gasteiger partial charge in [-0.2, -0.15) is 0 Å². The Hall–Kier alpha value is -1.78. The van der Waals surface area contributed by atoms with E-state index in [2.05, 4.69) is 4.98 Å². The summed E-state index contributed by atoms with van der Waals surface area (Å²) in [5.74, 6) is 0.379. The Morgan fingerprint density at radius 3 is 2.48 bits per heavy atom. The summed E-state index contributed by atoms with van der Waals surface area (Å²) < 4.78 is 0. The number of nitrogens with one attached hydrogen (secondary N) is 1. The molecule has 1 fully saturated rings. The maximum absolute atomic E-state index is 12.3. The first kappa shape index (κ1) is 15.6. The number of aromatic amines is 1. The summed E-state index contributed by atoms with van der Waals surface area (Å²) in [6.45, 7) is 7.33. The van der Waals surface area contributed by atoms with Crippen molar-refractivity contribution in [1.82, 2.24) is 9.88 Å². The van der Waals surface area contributed by atoms with E-state index < -0.39 is 11.6 Å². The number of hydrogen-bond donors (Lipinski definition) is 1. The van der Waals surface area contributed by atoms with Crippen LogP contribution in [-0.2, 0) is 6.54 Å². The Labute approximate surface area is 125 Å². The van der Waals surface area contributed by atoms with Crippen LogP contribution < -0.4 is 10.7 Å². The highest BCUT2D eigenvalue weighted by Crippen LogP contribution is 2.38. The molecule has 5 heteroatoms. The lowest BCUT2D eigenvalue weighted by atomic mass is 9.78. The van der Waals surface area contributed by atoms with Crippen LogP contribution in [0.1, 0.15) is 62.8 Å². The lowest BCUT2D eigenvalue weighted by Crippen LogP contribution is -2.51. The second kappa shape index (κ2) is 5.54. The number of carbonyl (C=O) groups is 1. The normalized spacial score (nSPS) is 15.6. The quantitative estimate of drug-likeness (QED) is 0.924. The number of carbonyl (C=O) groups excluding carboxylic acids is 1. The van der Waals surface area contributed by atoms with Crippen molar-refractivity contribution in [1.29, 1.82) is 0 Å². The molecule has 1 aliphatic carbocycles. The first-order chi connectivity index (χ1) is 9.70. The fourth-order valence-corrected chi connectivity index (χ4v) is 2.72. The van der Waals surface area contributed by atoms with Crippen molar-refractivity contribution in [2.45, 2.75) is 65.0 Å². The van der Waals surface area contributed by atoms with Gasteiger partial charge in [-0.25, -0.2) is 0 Å². The highest BCUT2D eigenvalue weighted by Gasteiger charge is 2.28. The molecule has 1 aliphatic rings. The van der Waals surface area contributed by atoms with E-state index in [9.17, 15) is 14.7 Å². The van der Waals surface area contributed by atoms with Crippen LogP contribution in [0.2, 0.25) is 0 Å². The van der Waals surface area contributed by atoms with E-state index in [0.717, 1.165) is 24.1 Å². The summed E-state index contributed by atoms with van der Waals surface area (Å²) in [6.07, 6.45) is 2.05. The Balaban J connectivity index is 2.42. The standard InChI is InChI=1S/C16H24N2O3/c1-10-8-12(11-6-5-7-11)13(14(19)17-10)9-18(15(20)21)16(2,3)4/h8,11H,5-7,9H2,1-4H3,(H,17,19)(H,20,21)/p-1. The van der Waals surface area contributed by atoms with E-state index in [1.807, 2.05) is 13.0 Å². The number of nitrogens with zero attached hydrogens (tertiary/aromatic N) is 1. The predicted molar refractivity (Wildman–Crippen MR) is 79.1 cm³/mol. The molecular weight excluding hydrogens is 268 g/mol. The average molecular weight is 291 g/mol. The molecule has 21 heavy (non-hydrogen) atoms. The molecular formula is C16H23N2O3-. The van der Waals surface area contributed by atoms with Gasteiger partial charge in [-0.15, -0.1) is 0 Å². The van der Waals surface area contributed by atoms with Crippen molar-refractivity contribution in [3.63, 3.8) is 0 Å². The molecule has 116 valence electrons. The highest BCUT2D eigenvalue weighted by molar-refractivity contribution is 5.63. The highest BCUT2D eigenvalue weighted by atomic mass is 16.4. The van der Waals surface area contributed by atoms with Crippen LogP contribution in [0.4, 0.5) is 4.79 Å². The molecule has 0 spiro atoms. The van der Waals surface area contributed by atoms with Crippen LogP contribution >= 0.6 is 0 Å². The number of pyridine rings is 1. The van der Waals surface area contributed by atoms with Gasteiger partial charge in [0, 0.05) is 16.8 Å². The summed E-state index contributed by atoms with van der Waals surface area (Å²) in [5, 5.41) is 11.4. The number of H-pyrrole nitrogens is 1. The molecule has 0 radical (unpaired) electrons. The van der Waals surface area contributed by atoms with Crippen molar-refractivity contribution in [2.24, 2.45) is 0 Å². The topological polar surface area (TPSA) is 76.2 Å². The van der Waals surface area contributed by atoms with Gasteiger partial charge in [0.2, 0.25) is 0 Å². The smallest absolute Gasteiger partial charge is 0.253 e. The summed E-state index contributed by atoms with van der Waals surface area (Å²) in [5.41, 5.74) is 1.59. The molecule has 5 nitrogen and oxygen atoms in total. The minimum Gasteiger partial charge on any atom is -0.530 e. The van der Waals surface area contributed by atoms with Crippen LogP contribution in [0.15, 0.2) is 10.9 Å². The summed E-state index contributed by atoms with van der Waals surface area (Å²) >= 11 is 0. The SMILES string of the molecule is Cc1cc(C2CCC2)c(CN(C(=O)[O-])C(C)(C)C)c(=O)[nH]1. The third-order valence-electron chi connectivity index (χ3n) is 4.20. The molecule has 2 rings (SSSR count). The molecule has 0 aliphatic heterocycles. The zero-order valence-corrected chi connectivity index (χ0v) is 13.2. The molecule has 1 amide bonds. The maximum Gasteiger partial charge on any atom is 0.253 e. The number of aryl methyl sites for hydroxylation is 1. The monoisotopic (exact) mass is 291 g/mol. The molecule has 0 atom stereocenters. The van der Waals surface area contributed by atoms with Crippen molar-refractivity contribution in [3.05, 3.63) is 33.2 Å². The molecule has 1 N–H and O–H groups in total. The summed E-state index contributed by atoms with van der Waals surface area (Å²) in [7, 11) is 0. The first-order valence-corrected chi connectivity index (χ1v) is 7.41. The number of aromatic nitrogens is 1. The zero-order valence-electron chi connectivity index (χ0n) is 13.2. The van der Waals surface area contributed by atoms with E-state index >= 15 is 0 Å². The maximum atomic E-state index is 12.3. The fourth-order valence-electron chi connectivity index (χ4n) is 2.72. The van der Waals surface area contributed by atoms with Crippen molar-refractivity contribution >= 4 is 6.09 Å². The van der Waals surface area contributed by atoms with Gasteiger partial charge in [0.1, 0.15) is 6.09 Å². The Morgan fingerprint density at radius 2 is 2.05 bits per heavy atom. The van der Waals surface area contributed by atoms with E-state index in [0.29, 0.717) is 11.5 Å². The minimum absolute atomic E-state index is 0.0767. The van der Waals surface area contributed by atoms with E-state index in [1.165, 1.54) is 11.3 Å². The summed E-state index contributed by atoms with van der Waals surface area (Å²) in [4.78, 5) is 27.7. The van der Waals surface area contributed by atoms with Crippen molar-refractivity contribution in [2.75, 3.05) is 0 Å². The molecule has 1 heterocycles. The second-order valence-electron chi connectivity index (χ2n) is 6.87. The Morgan fingerprint density at radius 1 is 1.43 bits per heavy atom. The van der Waals surface area contributed by atoms with Crippen LogP contribution in [0.5, 0.6) is 0 Å². The van der Waals surface area contributed by atoms with Gasteiger partial charge in [0.15, 0.2) is 0 Å². The molecule has 0 saturated heterocycles. The molecule has 0 aromatic carbocycles. The molecule has 0 unspecified atom stereocenters. The van der Waals surface area contributed by atoms with Crippen molar-refractivity contribution in [3.8, 4) is 0 Å². The van der Waals surface area contributed by atoms with Gasteiger partial charge in [0.05, 0.1) is 6.54 Å². The number of hydrogen-bond acceptors (Lipinski definition) is 3. The fraction of sp³-hybridized carbons (Fsp3) is 0.625. The van der Waals surface area contributed by atoms with Gasteiger partial charge in [-0.05, 0) is 58.1 Å². The van der Waals surface area contributed by atoms with Crippen LogP contribution in [-0.4, -0.2) is 21.5 Å². The largest absolute Gasteiger partial charge is 0.530 e. The number of rotatable bonds is 3. The summed E-state index contributed by atoms with van der Waals surface area (Å²) in [6, 6.07) is 1.98. The minimum atomic E-state index is -1.25. The van der Waals surface area contributed by atoms with Crippen LogP contribution in [0, 0.1) is 6.92 Å². The lowest BCUT2D eigenvalue weighted by Gasteiger charge is -2.39. The Kier molecular flexibility index (Phi) is 4.12. The third kappa shape index (κ3) is 3.28. The Bertz CT molecular complexity index is 595. The first-order valence-electron chi connectivity index (χ1n) is 7.41. The number of carboxylic acid groups (broad SMARTS) is 1. The zero-order chi connectivity index (χ0) is 15.8. The van der Waals surface area contributed by atoms with Crippen LogP contribution in [0.3, 0.4) is 0 Å². The lowest BCUT2D eigenvalue weighted by molar-refractivity contribution is -0.271. The van der Waals surface area contributed by atoms with Gasteiger partial charge in [-0.1, -0.05) is 6.42 Å².